The number of rotatable bonds is 2. The lowest BCUT2D eigenvalue weighted by Gasteiger charge is -2.01. The molecule has 2 nitrogen and oxygen atoms in total. The van der Waals surface area contributed by atoms with Gasteiger partial charge in [-0.1, -0.05) is 17.7 Å². The van der Waals surface area contributed by atoms with Gasteiger partial charge in [0.05, 0.1) is 6.20 Å². The van der Waals surface area contributed by atoms with E-state index in [1.165, 1.54) is 11.3 Å². The molecule has 0 aliphatic heterocycles. The van der Waals surface area contributed by atoms with E-state index in [4.69, 9.17) is 0 Å². The Labute approximate surface area is 84.4 Å². The third kappa shape index (κ3) is 1.55. The van der Waals surface area contributed by atoms with Crippen LogP contribution < -0.4 is 4.68 Å². The van der Waals surface area contributed by atoms with Gasteiger partial charge in [-0.2, -0.15) is 0 Å². The van der Waals surface area contributed by atoms with E-state index in [2.05, 4.69) is 65.9 Å². The number of aryl methyl sites for hydroxylation is 2. The molecular weight excluding hydrogens is 172 g/mol. The SMILES string of the molecule is CC[n+]1cccn1-c1ccc(C)cc1. The van der Waals surface area contributed by atoms with Crippen molar-refractivity contribution in [2.45, 2.75) is 20.4 Å². The highest BCUT2D eigenvalue weighted by Gasteiger charge is 2.06. The molecule has 0 amide bonds. The molecule has 1 heterocycles. The Kier molecular flexibility index (Phi) is 2.35. The van der Waals surface area contributed by atoms with Crippen molar-refractivity contribution in [3.05, 3.63) is 48.3 Å². The van der Waals surface area contributed by atoms with E-state index in [9.17, 15) is 0 Å². The molecule has 2 aromatic rings. The summed E-state index contributed by atoms with van der Waals surface area (Å²) in [7, 11) is 0. The second-order valence-corrected chi connectivity index (χ2v) is 3.43. The van der Waals surface area contributed by atoms with Crippen LogP contribution in [0.1, 0.15) is 12.5 Å². The van der Waals surface area contributed by atoms with Crippen molar-refractivity contribution >= 4 is 0 Å². The van der Waals surface area contributed by atoms with Crippen LogP contribution in [-0.4, -0.2) is 4.68 Å². The Morgan fingerprint density at radius 1 is 1.21 bits per heavy atom. The predicted molar refractivity (Wildman–Crippen MR) is 56.4 cm³/mol. The molecule has 0 fully saturated rings. The Morgan fingerprint density at radius 3 is 2.57 bits per heavy atom. The normalized spacial score (nSPS) is 10.4. The minimum Gasteiger partial charge on any atom is -0.128 e. The van der Waals surface area contributed by atoms with Crippen LogP contribution in [0.25, 0.3) is 5.69 Å². The molecule has 0 aliphatic carbocycles. The number of hydrogen-bond donors (Lipinski definition) is 0. The highest BCUT2D eigenvalue weighted by molar-refractivity contribution is 5.32. The van der Waals surface area contributed by atoms with E-state index in [0.29, 0.717) is 0 Å². The third-order valence-electron chi connectivity index (χ3n) is 2.38. The van der Waals surface area contributed by atoms with Crippen LogP contribution in [-0.2, 0) is 6.54 Å². The standard InChI is InChI=1S/C12H15N2/c1-3-13-9-4-10-14(13)12-7-5-11(2)6-8-12/h4-10H,3H2,1-2H3/q+1. The maximum atomic E-state index is 2.17. The lowest BCUT2D eigenvalue weighted by Crippen LogP contribution is -2.40. The smallest absolute Gasteiger partial charge is 0.128 e. The van der Waals surface area contributed by atoms with Gasteiger partial charge in [-0.3, -0.25) is 0 Å². The molecule has 0 saturated heterocycles. The zero-order valence-electron chi connectivity index (χ0n) is 8.64. The quantitative estimate of drug-likeness (QED) is 0.637. The molecule has 0 saturated carbocycles. The molecule has 0 N–H and O–H groups in total. The van der Waals surface area contributed by atoms with E-state index in [0.717, 1.165) is 6.54 Å². The summed E-state index contributed by atoms with van der Waals surface area (Å²) in [5, 5.41) is 0. The molecule has 2 heteroatoms. The summed E-state index contributed by atoms with van der Waals surface area (Å²) in [6, 6.07) is 10.6. The first-order valence-electron chi connectivity index (χ1n) is 4.95. The fourth-order valence-corrected chi connectivity index (χ4v) is 1.57. The maximum Gasteiger partial charge on any atom is 0.196 e. The molecule has 0 atom stereocenters. The van der Waals surface area contributed by atoms with Crippen LogP contribution in [0.4, 0.5) is 0 Å². The largest absolute Gasteiger partial charge is 0.196 e. The Bertz CT molecular complexity index is 412. The molecule has 0 unspecified atom stereocenters. The van der Waals surface area contributed by atoms with Crippen LogP contribution >= 0.6 is 0 Å². The summed E-state index contributed by atoms with van der Waals surface area (Å²) in [5.41, 5.74) is 2.51. The minimum atomic E-state index is 0.987. The minimum absolute atomic E-state index is 0.987. The van der Waals surface area contributed by atoms with Gasteiger partial charge < -0.3 is 0 Å². The van der Waals surface area contributed by atoms with Gasteiger partial charge in [0.15, 0.2) is 12.7 Å². The highest BCUT2D eigenvalue weighted by atomic mass is 15.4. The van der Waals surface area contributed by atoms with Crippen molar-refractivity contribution in [2.24, 2.45) is 0 Å². The lowest BCUT2D eigenvalue weighted by molar-refractivity contribution is -0.763. The molecule has 0 bridgehead atoms. The molecular formula is C12H15N2+. The average molecular weight is 187 g/mol. The van der Waals surface area contributed by atoms with Gasteiger partial charge in [-0.25, -0.2) is 0 Å². The van der Waals surface area contributed by atoms with Gasteiger partial charge in [0.2, 0.25) is 0 Å². The summed E-state index contributed by atoms with van der Waals surface area (Å²) >= 11 is 0. The van der Waals surface area contributed by atoms with Crippen molar-refractivity contribution in [1.29, 1.82) is 0 Å². The monoisotopic (exact) mass is 187 g/mol. The first kappa shape index (κ1) is 9.00. The number of benzene rings is 1. The molecule has 0 aliphatic rings. The van der Waals surface area contributed by atoms with Gasteiger partial charge in [0.1, 0.15) is 5.69 Å². The fourth-order valence-electron chi connectivity index (χ4n) is 1.57. The summed E-state index contributed by atoms with van der Waals surface area (Å²) in [6.07, 6.45) is 4.16. The van der Waals surface area contributed by atoms with E-state index in [1.807, 2.05) is 0 Å². The summed E-state index contributed by atoms with van der Waals surface area (Å²) in [5.74, 6) is 0. The van der Waals surface area contributed by atoms with Crippen molar-refractivity contribution in [2.75, 3.05) is 0 Å². The summed E-state index contributed by atoms with van der Waals surface area (Å²) in [6.45, 7) is 5.24. The van der Waals surface area contributed by atoms with E-state index in [1.54, 1.807) is 0 Å². The van der Waals surface area contributed by atoms with E-state index >= 15 is 0 Å². The zero-order chi connectivity index (χ0) is 9.97. The first-order valence-corrected chi connectivity index (χ1v) is 4.95. The van der Waals surface area contributed by atoms with Crippen LogP contribution in [0, 0.1) is 6.92 Å². The fraction of sp³-hybridized carbons (Fsp3) is 0.250. The van der Waals surface area contributed by atoms with Gasteiger partial charge >= 0.3 is 0 Å². The second kappa shape index (κ2) is 3.66. The Morgan fingerprint density at radius 2 is 1.93 bits per heavy atom. The molecule has 72 valence electrons. The second-order valence-electron chi connectivity index (χ2n) is 3.43. The van der Waals surface area contributed by atoms with E-state index in [-0.39, 0.29) is 0 Å². The Balaban J connectivity index is 2.44. The number of aromatic nitrogens is 2. The molecule has 2 rings (SSSR count). The van der Waals surface area contributed by atoms with Gasteiger partial charge in [0, 0.05) is 6.07 Å². The Hall–Kier alpha value is -1.57. The van der Waals surface area contributed by atoms with Crippen LogP contribution in [0.3, 0.4) is 0 Å². The van der Waals surface area contributed by atoms with Crippen molar-refractivity contribution in [3.8, 4) is 5.69 Å². The van der Waals surface area contributed by atoms with Crippen molar-refractivity contribution in [3.63, 3.8) is 0 Å². The summed E-state index contributed by atoms with van der Waals surface area (Å²) in [4.78, 5) is 0. The molecule has 0 spiro atoms. The van der Waals surface area contributed by atoms with Gasteiger partial charge in [-0.05, 0) is 26.0 Å². The maximum absolute atomic E-state index is 2.17. The molecule has 0 radical (unpaired) electrons. The lowest BCUT2D eigenvalue weighted by atomic mass is 10.2. The van der Waals surface area contributed by atoms with E-state index < -0.39 is 0 Å². The summed E-state index contributed by atoms with van der Waals surface area (Å²) < 4.78 is 4.32. The first-order chi connectivity index (χ1) is 6.81. The highest BCUT2D eigenvalue weighted by Crippen LogP contribution is 2.06. The molecule has 1 aromatic carbocycles. The molecule has 14 heavy (non-hydrogen) atoms. The van der Waals surface area contributed by atoms with Crippen LogP contribution in [0.15, 0.2) is 42.7 Å². The van der Waals surface area contributed by atoms with Crippen molar-refractivity contribution < 1.29 is 4.68 Å². The number of nitrogens with zero attached hydrogens (tertiary/aromatic N) is 2. The van der Waals surface area contributed by atoms with Crippen LogP contribution in [0.2, 0.25) is 0 Å². The van der Waals surface area contributed by atoms with Crippen molar-refractivity contribution in [1.82, 2.24) is 4.68 Å². The van der Waals surface area contributed by atoms with Crippen LogP contribution in [0.5, 0.6) is 0 Å². The van der Waals surface area contributed by atoms with Gasteiger partial charge in [0.25, 0.3) is 0 Å². The third-order valence-corrected chi connectivity index (χ3v) is 2.38. The number of hydrogen-bond acceptors (Lipinski definition) is 0. The van der Waals surface area contributed by atoms with Gasteiger partial charge in [-0.15, -0.1) is 9.36 Å². The molecule has 1 aromatic heterocycles. The predicted octanol–water partition coefficient (Wildman–Crippen LogP) is 2.09. The topological polar surface area (TPSA) is 8.81 Å². The zero-order valence-corrected chi connectivity index (χ0v) is 8.64. The average Bonchev–Trinajstić information content (AvgIpc) is 2.67.